The molecule has 21 heavy (non-hydrogen) atoms. The predicted molar refractivity (Wildman–Crippen MR) is 88.8 cm³/mol. The van der Waals surface area contributed by atoms with Gasteiger partial charge in [-0.15, -0.1) is 0 Å². The molecule has 1 N–H and O–H groups in total. The number of hydrogen-bond acceptors (Lipinski definition) is 4. The third-order valence-electron chi connectivity index (χ3n) is 4.70. The number of aromatic nitrogens is 2. The minimum atomic E-state index is 0.570. The molecule has 1 saturated heterocycles. The van der Waals surface area contributed by atoms with Crippen LogP contribution in [0.2, 0.25) is 0 Å². The van der Waals surface area contributed by atoms with Gasteiger partial charge in [0.05, 0.1) is 5.69 Å². The van der Waals surface area contributed by atoms with Gasteiger partial charge < -0.3 is 10.2 Å². The SMILES string of the molecule is CCCNCc1c(C)nn(C)c1N1CC(C)N(C)C(C)C1. The zero-order chi connectivity index (χ0) is 15.6. The van der Waals surface area contributed by atoms with Crippen molar-refractivity contribution >= 4 is 5.82 Å². The quantitative estimate of drug-likeness (QED) is 0.839. The van der Waals surface area contributed by atoms with Crippen LogP contribution >= 0.6 is 0 Å². The van der Waals surface area contributed by atoms with Gasteiger partial charge in [0.15, 0.2) is 0 Å². The Balaban J connectivity index is 2.22. The molecule has 0 bridgehead atoms. The monoisotopic (exact) mass is 293 g/mol. The van der Waals surface area contributed by atoms with E-state index in [1.807, 2.05) is 0 Å². The van der Waals surface area contributed by atoms with Crippen molar-refractivity contribution in [2.45, 2.75) is 52.7 Å². The second kappa shape index (κ2) is 6.79. The van der Waals surface area contributed by atoms with E-state index in [0.717, 1.165) is 38.3 Å². The van der Waals surface area contributed by atoms with Gasteiger partial charge in [0.2, 0.25) is 0 Å². The third kappa shape index (κ3) is 3.40. The maximum atomic E-state index is 4.66. The van der Waals surface area contributed by atoms with Gasteiger partial charge in [-0.3, -0.25) is 9.58 Å². The Morgan fingerprint density at radius 2 is 1.81 bits per heavy atom. The summed E-state index contributed by atoms with van der Waals surface area (Å²) < 4.78 is 2.06. The standard InChI is InChI=1S/C16H31N5/c1-7-8-17-9-15-14(4)18-20(6)16(15)21-10-12(2)19(5)13(3)11-21/h12-13,17H,7-11H2,1-6H3. The van der Waals surface area contributed by atoms with Crippen LogP contribution in [0.15, 0.2) is 0 Å². The number of hydrogen-bond donors (Lipinski definition) is 1. The highest BCUT2D eigenvalue weighted by molar-refractivity contribution is 5.51. The molecule has 1 aliphatic heterocycles. The second-order valence-electron chi connectivity index (χ2n) is 6.46. The Bertz CT molecular complexity index is 455. The molecule has 0 saturated carbocycles. The van der Waals surface area contributed by atoms with Crippen LogP contribution in [-0.2, 0) is 13.6 Å². The first kappa shape index (κ1) is 16.3. The van der Waals surface area contributed by atoms with E-state index < -0.39 is 0 Å². The Labute approximate surface area is 129 Å². The number of nitrogens with one attached hydrogen (secondary N) is 1. The number of piperazine rings is 1. The molecular formula is C16H31N5. The lowest BCUT2D eigenvalue weighted by molar-refractivity contribution is 0.169. The van der Waals surface area contributed by atoms with Crippen LogP contribution in [0.1, 0.15) is 38.4 Å². The van der Waals surface area contributed by atoms with E-state index in [4.69, 9.17) is 0 Å². The molecule has 1 aromatic heterocycles. The molecule has 2 unspecified atom stereocenters. The van der Waals surface area contributed by atoms with Crippen molar-refractivity contribution in [2.75, 3.05) is 31.6 Å². The first-order chi connectivity index (χ1) is 9.95. The number of rotatable bonds is 5. The molecule has 1 fully saturated rings. The summed E-state index contributed by atoms with van der Waals surface area (Å²) in [6, 6.07) is 1.14. The van der Waals surface area contributed by atoms with E-state index >= 15 is 0 Å². The minimum Gasteiger partial charge on any atom is -0.353 e. The molecule has 5 heteroatoms. The van der Waals surface area contributed by atoms with Crippen LogP contribution in [0.3, 0.4) is 0 Å². The van der Waals surface area contributed by atoms with Gasteiger partial charge in [-0.1, -0.05) is 6.92 Å². The molecule has 2 rings (SSSR count). The molecule has 0 aliphatic carbocycles. The van der Waals surface area contributed by atoms with E-state index in [0.29, 0.717) is 12.1 Å². The maximum Gasteiger partial charge on any atom is 0.131 e. The minimum absolute atomic E-state index is 0.570. The summed E-state index contributed by atoms with van der Waals surface area (Å²) in [7, 11) is 4.30. The van der Waals surface area contributed by atoms with Crippen LogP contribution in [-0.4, -0.2) is 53.4 Å². The average molecular weight is 293 g/mol. The van der Waals surface area contributed by atoms with Crippen molar-refractivity contribution < 1.29 is 0 Å². The van der Waals surface area contributed by atoms with Crippen LogP contribution in [0.5, 0.6) is 0 Å². The number of anilines is 1. The van der Waals surface area contributed by atoms with Crippen molar-refractivity contribution in [1.29, 1.82) is 0 Å². The Hall–Kier alpha value is -1.07. The van der Waals surface area contributed by atoms with Gasteiger partial charge in [0, 0.05) is 44.3 Å². The molecular weight excluding hydrogens is 262 g/mol. The lowest BCUT2D eigenvalue weighted by Gasteiger charge is -2.43. The summed E-state index contributed by atoms with van der Waals surface area (Å²) in [5, 5.41) is 8.18. The molecule has 0 amide bonds. The number of nitrogens with zero attached hydrogens (tertiary/aromatic N) is 4. The van der Waals surface area contributed by atoms with Gasteiger partial charge in [0.1, 0.15) is 5.82 Å². The Morgan fingerprint density at radius 3 is 2.38 bits per heavy atom. The Morgan fingerprint density at radius 1 is 1.19 bits per heavy atom. The van der Waals surface area contributed by atoms with Crippen molar-refractivity contribution in [3.8, 4) is 0 Å². The summed E-state index contributed by atoms with van der Waals surface area (Å²) in [5.41, 5.74) is 2.50. The topological polar surface area (TPSA) is 36.3 Å². The van der Waals surface area contributed by atoms with E-state index in [1.54, 1.807) is 0 Å². The summed E-state index contributed by atoms with van der Waals surface area (Å²) in [5.74, 6) is 1.29. The second-order valence-corrected chi connectivity index (χ2v) is 6.46. The molecule has 5 nitrogen and oxygen atoms in total. The van der Waals surface area contributed by atoms with Crippen LogP contribution in [0, 0.1) is 6.92 Å². The van der Waals surface area contributed by atoms with Crippen LogP contribution in [0.4, 0.5) is 5.82 Å². The van der Waals surface area contributed by atoms with E-state index in [2.05, 4.69) is 66.7 Å². The van der Waals surface area contributed by atoms with Gasteiger partial charge in [-0.05, 0) is 40.8 Å². The predicted octanol–water partition coefficient (Wildman–Crippen LogP) is 1.76. The maximum absolute atomic E-state index is 4.66. The lowest BCUT2D eigenvalue weighted by atomic mass is 10.1. The van der Waals surface area contributed by atoms with E-state index in [1.165, 1.54) is 11.4 Å². The van der Waals surface area contributed by atoms with Gasteiger partial charge in [-0.25, -0.2) is 0 Å². The van der Waals surface area contributed by atoms with Crippen molar-refractivity contribution in [2.24, 2.45) is 7.05 Å². The Kier molecular flexibility index (Phi) is 5.27. The smallest absolute Gasteiger partial charge is 0.131 e. The molecule has 1 aromatic rings. The number of aryl methyl sites for hydroxylation is 2. The van der Waals surface area contributed by atoms with Crippen LogP contribution < -0.4 is 10.2 Å². The normalized spacial score (nSPS) is 23.8. The summed E-state index contributed by atoms with van der Waals surface area (Å²) in [6.45, 7) is 13.0. The molecule has 2 heterocycles. The molecule has 0 aromatic carbocycles. The molecule has 1 aliphatic rings. The summed E-state index contributed by atoms with van der Waals surface area (Å²) in [4.78, 5) is 4.98. The first-order valence-electron chi connectivity index (χ1n) is 8.15. The largest absolute Gasteiger partial charge is 0.353 e. The highest BCUT2D eigenvalue weighted by Crippen LogP contribution is 2.27. The van der Waals surface area contributed by atoms with Crippen molar-refractivity contribution in [1.82, 2.24) is 20.0 Å². The first-order valence-corrected chi connectivity index (χ1v) is 8.15. The lowest BCUT2D eigenvalue weighted by Crippen LogP contribution is -2.55. The highest BCUT2D eigenvalue weighted by atomic mass is 15.4. The van der Waals surface area contributed by atoms with Gasteiger partial charge in [0.25, 0.3) is 0 Å². The van der Waals surface area contributed by atoms with E-state index in [9.17, 15) is 0 Å². The zero-order valence-electron chi connectivity index (χ0n) is 14.5. The van der Waals surface area contributed by atoms with Crippen molar-refractivity contribution in [3.63, 3.8) is 0 Å². The highest BCUT2D eigenvalue weighted by Gasteiger charge is 2.29. The van der Waals surface area contributed by atoms with Gasteiger partial charge >= 0.3 is 0 Å². The molecule has 2 atom stereocenters. The molecule has 0 spiro atoms. The summed E-state index contributed by atoms with van der Waals surface area (Å²) >= 11 is 0. The van der Waals surface area contributed by atoms with Gasteiger partial charge in [-0.2, -0.15) is 5.10 Å². The van der Waals surface area contributed by atoms with Crippen LogP contribution in [0.25, 0.3) is 0 Å². The fraction of sp³-hybridized carbons (Fsp3) is 0.812. The van der Waals surface area contributed by atoms with Crippen molar-refractivity contribution in [3.05, 3.63) is 11.3 Å². The fourth-order valence-electron chi connectivity index (χ4n) is 3.26. The zero-order valence-corrected chi connectivity index (χ0v) is 14.5. The summed E-state index contributed by atoms with van der Waals surface area (Å²) in [6.07, 6.45) is 1.16. The third-order valence-corrected chi connectivity index (χ3v) is 4.70. The average Bonchev–Trinajstić information content (AvgIpc) is 2.70. The molecule has 0 radical (unpaired) electrons. The molecule has 120 valence electrons. The van der Waals surface area contributed by atoms with E-state index in [-0.39, 0.29) is 0 Å². The number of likely N-dealkylation sites (N-methyl/N-ethyl adjacent to an activating group) is 1. The fourth-order valence-corrected chi connectivity index (χ4v) is 3.26.